The highest BCUT2D eigenvalue weighted by molar-refractivity contribution is 5.37. The maximum atomic E-state index is 6.70. The minimum Gasteiger partial charge on any atom is -0.323 e. The molecule has 21 heavy (non-hydrogen) atoms. The minimum atomic E-state index is 0.0919. The van der Waals surface area contributed by atoms with Gasteiger partial charge in [-0.05, 0) is 41.9 Å². The van der Waals surface area contributed by atoms with Crippen LogP contribution in [-0.2, 0) is 0 Å². The van der Waals surface area contributed by atoms with Crippen molar-refractivity contribution >= 4 is 0 Å². The van der Waals surface area contributed by atoms with Crippen molar-refractivity contribution < 1.29 is 0 Å². The molecule has 0 saturated heterocycles. The first kappa shape index (κ1) is 14.3. The number of hydrogen-bond donors (Lipinski definition) is 1. The summed E-state index contributed by atoms with van der Waals surface area (Å²) >= 11 is 0. The number of hydrogen-bond acceptors (Lipinski definition) is 1. The average molecular weight is 279 g/mol. The lowest BCUT2D eigenvalue weighted by Crippen LogP contribution is -2.23. The van der Waals surface area contributed by atoms with E-state index in [1.807, 2.05) is 0 Å². The normalized spacial score (nSPS) is 18.0. The van der Waals surface area contributed by atoms with Gasteiger partial charge in [0.2, 0.25) is 0 Å². The van der Waals surface area contributed by atoms with E-state index in [4.69, 9.17) is 5.73 Å². The molecule has 110 valence electrons. The Labute approximate surface area is 128 Å². The van der Waals surface area contributed by atoms with Crippen molar-refractivity contribution in [1.29, 1.82) is 0 Å². The van der Waals surface area contributed by atoms with E-state index in [0.29, 0.717) is 5.92 Å². The van der Waals surface area contributed by atoms with Gasteiger partial charge >= 0.3 is 0 Å². The van der Waals surface area contributed by atoms with Crippen molar-refractivity contribution in [2.24, 2.45) is 5.73 Å². The summed E-state index contributed by atoms with van der Waals surface area (Å²) in [6, 6.07) is 19.6. The summed E-state index contributed by atoms with van der Waals surface area (Å²) in [6.07, 6.45) is 5.09. The second kappa shape index (κ2) is 6.44. The summed E-state index contributed by atoms with van der Waals surface area (Å²) in [6.45, 7) is 2.24. The number of benzene rings is 2. The SMILES string of the molecule is CCC(c1ccccc1)C(N)c1ccccc1C1CCC1. The molecule has 2 N–H and O–H groups in total. The van der Waals surface area contributed by atoms with Crippen LogP contribution in [0, 0.1) is 0 Å². The van der Waals surface area contributed by atoms with Gasteiger partial charge in [-0.2, -0.15) is 0 Å². The molecule has 0 amide bonds. The summed E-state index contributed by atoms with van der Waals surface area (Å²) in [5, 5.41) is 0. The van der Waals surface area contributed by atoms with E-state index in [9.17, 15) is 0 Å². The van der Waals surface area contributed by atoms with Gasteiger partial charge in [-0.25, -0.2) is 0 Å². The van der Waals surface area contributed by atoms with Crippen LogP contribution in [0.2, 0.25) is 0 Å². The van der Waals surface area contributed by atoms with Gasteiger partial charge in [-0.3, -0.25) is 0 Å². The van der Waals surface area contributed by atoms with Crippen LogP contribution < -0.4 is 5.73 Å². The second-order valence-electron chi connectivity index (χ2n) is 6.21. The predicted octanol–water partition coefficient (Wildman–Crippen LogP) is 5.15. The van der Waals surface area contributed by atoms with Crippen LogP contribution in [0.3, 0.4) is 0 Å². The van der Waals surface area contributed by atoms with Crippen molar-refractivity contribution in [1.82, 2.24) is 0 Å². The van der Waals surface area contributed by atoms with Crippen LogP contribution in [0.25, 0.3) is 0 Å². The molecule has 0 bridgehead atoms. The highest BCUT2D eigenvalue weighted by Gasteiger charge is 2.27. The molecule has 3 rings (SSSR count). The monoisotopic (exact) mass is 279 g/mol. The van der Waals surface area contributed by atoms with Gasteiger partial charge in [-0.15, -0.1) is 0 Å². The molecule has 1 fully saturated rings. The quantitative estimate of drug-likeness (QED) is 0.805. The predicted molar refractivity (Wildman–Crippen MR) is 89.4 cm³/mol. The van der Waals surface area contributed by atoms with E-state index >= 15 is 0 Å². The highest BCUT2D eigenvalue weighted by atomic mass is 14.7. The third-order valence-electron chi connectivity index (χ3n) is 5.00. The lowest BCUT2D eigenvalue weighted by Gasteiger charge is -2.32. The van der Waals surface area contributed by atoms with Crippen LogP contribution in [0.15, 0.2) is 54.6 Å². The molecule has 1 saturated carbocycles. The summed E-state index contributed by atoms with van der Waals surface area (Å²) in [4.78, 5) is 0. The average Bonchev–Trinajstić information content (AvgIpc) is 2.48. The largest absolute Gasteiger partial charge is 0.323 e. The van der Waals surface area contributed by atoms with Gasteiger partial charge in [0, 0.05) is 12.0 Å². The molecule has 2 unspecified atom stereocenters. The molecule has 2 aromatic carbocycles. The van der Waals surface area contributed by atoms with Crippen LogP contribution >= 0.6 is 0 Å². The minimum absolute atomic E-state index is 0.0919. The first-order valence-corrected chi connectivity index (χ1v) is 8.20. The number of nitrogens with two attached hydrogens (primary N) is 1. The molecule has 1 heteroatoms. The molecule has 2 atom stereocenters. The van der Waals surface area contributed by atoms with Gasteiger partial charge in [0.25, 0.3) is 0 Å². The standard InChI is InChI=1S/C20H25N/c1-2-17(15-9-4-3-5-10-15)20(21)19-14-7-6-13-18(19)16-11-8-12-16/h3-7,9-10,13-14,16-17,20H,2,8,11-12,21H2,1H3. The zero-order valence-electron chi connectivity index (χ0n) is 12.8. The van der Waals surface area contributed by atoms with Gasteiger partial charge in [-0.1, -0.05) is 67.9 Å². The topological polar surface area (TPSA) is 26.0 Å². The third-order valence-corrected chi connectivity index (χ3v) is 5.00. The fraction of sp³-hybridized carbons (Fsp3) is 0.400. The van der Waals surface area contributed by atoms with E-state index in [1.165, 1.54) is 36.0 Å². The van der Waals surface area contributed by atoms with Gasteiger partial charge in [0.05, 0.1) is 0 Å². The maximum absolute atomic E-state index is 6.70. The Kier molecular flexibility index (Phi) is 4.40. The molecule has 0 heterocycles. The molecule has 1 aliphatic carbocycles. The van der Waals surface area contributed by atoms with E-state index in [0.717, 1.165) is 12.3 Å². The first-order valence-electron chi connectivity index (χ1n) is 8.20. The summed E-state index contributed by atoms with van der Waals surface area (Å²) in [5.41, 5.74) is 10.9. The summed E-state index contributed by atoms with van der Waals surface area (Å²) in [7, 11) is 0. The molecule has 0 spiro atoms. The Morgan fingerprint density at radius 1 is 1.00 bits per heavy atom. The van der Waals surface area contributed by atoms with Gasteiger partial charge < -0.3 is 5.73 Å². The second-order valence-corrected chi connectivity index (χ2v) is 6.21. The fourth-order valence-corrected chi connectivity index (χ4v) is 3.52. The highest BCUT2D eigenvalue weighted by Crippen LogP contribution is 2.42. The molecular weight excluding hydrogens is 254 g/mol. The van der Waals surface area contributed by atoms with Crippen LogP contribution in [-0.4, -0.2) is 0 Å². The van der Waals surface area contributed by atoms with Crippen molar-refractivity contribution in [2.75, 3.05) is 0 Å². The Balaban J connectivity index is 1.92. The maximum Gasteiger partial charge on any atom is 0.0367 e. The van der Waals surface area contributed by atoms with E-state index in [1.54, 1.807) is 0 Å². The van der Waals surface area contributed by atoms with E-state index in [2.05, 4.69) is 61.5 Å². The molecule has 1 aliphatic rings. The Bertz CT molecular complexity index is 571. The molecule has 0 radical (unpaired) electrons. The van der Waals surface area contributed by atoms with Crippen molar-refractivity contribution in [3.63, 3.8) is 0 Å². The van der Waals surface area contributed by atoms with Crippen LogP contribution in [0.1, 0.15) is 67.2 Å². The molecule has 0 aromatic heterocycles. The lowest BCUT2D eigenvalue weighted by atomic mass is 9.75. The summed E-state index contributed by atoms with van der Waals surface area (Å²) < 4.78 is 0. The first-order chi connectivity index (χ1) is 10.3. The Morgan fingerprint density at radius 3 is 2.29 bits per heavy atom. The third kappa shape index (κ3) is 2.89. The molecule has 2 aromatic rings. The zero-order chi connectivity index (χ0) is 14.7. The van der Waals surface area contributed by atoms with E-state index < -0.39 is 0 Å². The zero-order valence-corrected chi connectivity index (χ0v) is 12.8. The van der Waals surface area contributed by atoms with Gasteiger partial charge in [0.15, 0.2) is 0 Å². The smallest absolute Gasteiger partial charge is 0.0367 e. The van der Waals surface area contributed by atoms with Crippen LogP contribution in [0.5, 0.6) is 0 Å². The number of rotatable bonds is 5. The molecular formula is C20H25N. The molecule has 1 nitrogen and oxygen atoms in total. The van der Waals surface area contributed by atoms with Crippen molar-refractivity contribution in [2.45, 2.75) is 50.5 Å². The molecule has 0 aliphatic heterocycles. The Morgan fingerprint density at radius 2 is 1.67 bits per heavy atom. The Hall–Kier alpha value is -1.60. The lowest BCUT2D eigenvalue weighted by molar-refractivity contribution is 0.411. The van der Waals surface area contributed by atoms with Crippen molar-refractivity contribution in [3.8, 4) is 0 Å². The van der Waals surface area contributed by atoms with Crippen LogP contribution in [0.4, 0.5) is 0 Å². The van der Waals surface area contributed by atoms with E-state index in [-0.39, 0.29) is 6.04 Å². The fourth-order valence-electron chi connectivity index (χ4n) is 3.52. The van der Waals surface area contributed by atoms with Gasteiger partial charge in [0.1, 0.15) is 0 Å². The van der Waals surface area contributed by atoms with Crippen molar-refractivity contribution in [3.05, 3.63) is 71.3 Å². The summed E-state index contributed by atoms with van der Waals surface area (Å²) in [5.74, 6) is 1.13.